The quantitative estimate of drug-likeness (QED) is 0.555. The largest absolute Gasteiger partial charge is 0.457 e. The van der Waals surface area contributed by atoms with Gasteiger partial charge in [-0.1, -0.05) is 5.73 Å². The molecule has 31 heavy (non-hydrogen) atoms. The molecule has 2 aromatic heterocycles. The summed E-state index contributed by atoms with van der Waals surface area (Å²) in [6, 6.07) is 8.03. The number of aromatic nitrogens is 2. The average molecular weight is 430 g/mol. The Morgan fingerprint density at radius 1 is 1.23 bits per heavy atom. The van der Waals surface area contributed by atoms with Crippen LogP contribution in [0.15, 0.2) is 77.8 Å². The van der Waals surface area contributed by atoms with E-state index in [-0.39, 0.29) is 0 Å². The first kappa shape index (κ1) is 19.3. The van der Waals surface area contributed by atoms with Crippen LogP contribution in [0.25, 0.3) is 10.2 Å². The first-order valence-corrected chi connectivity index (χ1v) is 10.5. The van der Waals surface area contributed by atoms with E-state index in [4.69, 9.17) is 9.47 Å². The molecule has 0 radical (unpaired) electrons. The van der Waals surface area contributed by atoms with E-state index in [1.807, 2.05) is 54.6 Å². The van der Waals surface area contributed by atoms with Crippen molar-refractivity contribution in [2.75, 3.05) is 12.4 Å². The Morgan fingerprint density at radius 2 is 2.16 bits per heavy atom. The highest BCUT2D eigenvalue weighted by molar-refractivity contribution is 7.18. The van der Waals surface area contributed by atoms with Gasteiger partial charge in [0, 0.05) is 30.0 Å². The smallest absolute Gasteiger partial charge is 0.142 e. The van der Waals surface area contributed by atoms with Crippen LogP contribution in [0.3, 0.4) is 0 Å². The van der Waals surface area contributed by atoms with Crippen LogP contribution in [0.5, 0.6) is 5.75 Å². The van der Waals surface area contributed by atoms with Crippen molar-refractivity contribution < 1.29 is 9.47 Å². The van der Waals surface area contributed by atoms with Gasteiger partial charge in [0.1, 0.15) is 34.3 Å². The Morgan fingerprint density at radius 3 is 3.03 bits per heavy atom. The first-order valence-electron chi connectivity index (χ1n) is 9.64. The van der Waals surface area contributed by atoms with Crippen LogP contribution in [-0.2, 0) is 11.3 Å². The molecule has 0 saturated heterocycles. The second kappa shape index (κ2) is 8.20. The zero-order chi connectivity index (χ0) is 21.2. The lowest BCUT2D eigenvalue weighted by molar-refractivity contribution is 0.187. The Hall–Kier alpha value is -3.71. The molecule has 3 aromatic rings. The van der Waals surface area contributed by atoms with Gasteiger partial charge in [-0.25, -0.2) is 15.0 Å². The molecule has 4 heterocycles. The number of nitrogens with one attached hydrogen (secondary N) is 1. The van der Waals surface area contributed by atoms with Gasteiger partial charge in [-0.3, -0.25) is 0 Å². The number of hydrogen-bond acceptors (Lipinski definition) is 8. The third kappa shape index (κ3) is 4.00. The van der Waals surface area contributed by atoms with Crippen molar-refractivity contribution in [2.45, 2.75) is 13.5 Å². The van der Waals surface area contributed by atoms with Gasteiger partial charge in [0.15, 0.2) is 0 Å². The predicted molar refractivity (Wildman–Crippen MR) is 122 cm³/mol. The van der Waals surface area contributed by atoms with E-state index >= 15 is 0 Å². The maximum atomic E-state index is 6.09. The molecule has 8 heteroatoms. The van der Waals surface area contributed by atoms with Crippen LogP contribution in [-0.4, -0.2) is 27.8 Å². The van der Waals surface area contributed by atoms with E-state index in [2.05, 4.69) is 32.1 Å². The summed E-state index contributed by atoms with van der Waals surface area (Å²) in [5.41, 5.74) is 4.88. The highest BCUT2D eigenvalue weighted by Gasteiger charge is 2.14. The van der Waals surface area contributed by atoms with Gasteiger partial charge in [-0.05, 0) is 42.8 Å². The summed E-state index contributed by atoms with van der Waals surface area (Å²) < 4.78 is 11.3. The molecule has 0 spiro atoms. The van der Waals surface area contributed by atoms with Crippen molar-refractivity contribution in [2.24, 2.45) is 4.99 Å². The molecule has 0 aliphatic carbocycles. The molecule has 1 N–H and O–H groups in total. The summed E-state index contributed by atoms with van der Waals surface area (Å²) >= 11 is 1.61. The monoisotopic (exact) mass is 429 g/mol. The van der Waals surface area contributed by atoms with Crippen molar-refractivity contribution in [3.05, 3.63) is 83.3 Å². The highest BCUT2D eigenvalue weighted by Crippen LogP contribution is 2.32. The second-order valence-corrected chi connectivity index (χ2v) is 8.09. The van der Waals surface area contributed by atoms with Crippen LogP contribution in [0.4, 0.5) is 11.5 Å². The number of methoxy groups -OCH3 is 1. The highest BCUT2D eigenvalue weighted by atomic mass is 32.1. The van der Waals surface area contributed by atoms with Gasteiger partial charge in [0.25, 0.3) is 0 Å². The van der Waals surface area contributed by atoms with E-state index in [9.17, 15) is 0 Å². The number of anilines is 2. The maximum Gasteiger partial charge on any atom is 0.142 e. The van der Waals surface area contributed by atoms with Crippen LogP contribution >= 0.6 is 11.3 Å². The minimum atomic E-state index is 0.562. The summed E-state index contributed by atoms with van der Waals surface area (Å²) in [5, 5.41) is 4.38. The zero-order valence-electron chi connectivity index (χ0n) is 17.0. The second-order valence-electron chi connectivity index (χ2n) is 6.98. The van der Waals surface area contributed by atoms with E-state index in [1.165, 1.54) is 0 Å². The Bertz CT molecular complexity index is 1310. The topological polar surface area (TPSA) is 71.9 Å². The van der Waals surface area contributed by atoms with Gasteiger partial charge in [-0.2, -0.15) is 0 Å². The Labute approximate surface area is 183 Å². The number of hydrogen-bond donors (Lipinski definition) is 1. The summed E-state index contributed by atoms with van der Waals surface area (Å²) in [5.74, 6) is 3.07. The van der Waals surface area contributed by atoms with Crippen LogP contribution in [0.1, 0.15) is 10.4 Å². The minimum absolute atomic E-state index is 0.562. The lowest BCUT2D eigenvalue weighted by Crippen LogP contribution is -2.22. The molecule has 5 rings (SSSR count). The van der Waals surface area contributed by atoms with E-state index < -0.39 is 0 Å². The van der Waals surface area contributed by atoms with Crippen molar-refractivity contribution in [3.8, 4) is 5.75 Å². The maximum absolute atomic E-state index is 6.09. The molecule has 0 bridgehead atoms. The zero-order valence-corrected chi connectivity index (χ0v) is 17.8. The fourth-order valence-electron chi connectivity index (χ4n) is 3.30. The number of benzene rings is 1. The molecule has 1 aromatic carbocycles. The molecule has 154 valence electrons. The van der Waals surface area contributed by atoms with Crippen molar-refractivity contribution in [1.29, 1.82) is 0 Å². The number of aliphatic imine (C=N–C) groups is 1. The van der Waals surface area contributed by atoms with Crippen LogP contribution in [0.2, 0.25) is 0 Å². The Kier molecular flexibility index (Phi) is 5.09. The number of rotatable bonds is 6. The van der Waals surface area contributed by atoms with Crippen LogP contribution < -0.4 is 10.1 Å². The molecule has 7 nitrogen and oxygen atoms in total. The predicted octanol–water partition coefficient (Wildman–Crippen LogP) is 5.02. The van der Waals surface area contributed by atoms with Gasteiger partial charge < -0.3 is 19.7 Å². The number of aryl methyl sites for hydroxylation is 1. The molecule has 2 aliphatic rings. The molecule has 0 unspecified atom stereocenters. The summed E-state index contributed by atoms with van der Waals surface area (Å²) in [6.07, 6.45) is 10.7. The lowest BCUT2D eigenvalue weighted by atomic mass is 10.2. The van der Waals surface area contributed by atoms with Crippen molar-refractivity contribution in [1.82, 2.24) is 14.9 Å². The van der Waals surface area contributed by atoms with Crippen molar-refractivity contribution in [3.63, 3.8) is 0 Å². The van der Waals surface area contributed by atoms with Crippen LogP contribution in [0, 0.1) is 6.92 Å². The van der Waals surface area contributed by atoms with Gasteiger partial charge >= 0.3 is 0 Å². The van der Waals surface area contributed by atoms with Gasteiger partial charge in [0.2, 0.25) is 0 Å². The number of ether oxygens (including phenoxy) is 2. The summed E-state index contributed by atoms with van der Waals surface area (Å²) in [7, 11) is 1.69. The fourth-order valence-corrected chi connectivity index (χ4v) is 4.26. The number of amidine groups is 1. The molecule has 0 atom stereocenters. The fraction of sp³-hybridized carbons (Fsp3) is 0.130. The molecule has 2 aliphatic heterocycles. The van der Waals surface area contributed by atoms with E-state index in [0.717, 1.165) is 49.5 Å². The lowest BCUT2D eigenvalue weighted by Gasteiger charge is -2.21. The molecular formula is C23H19N5O2S. The standard InChI is InChI=1S/C23H19N5O2S/c1-15-10-16(27-22-19-12-18(13-29-2)31-23(19)26-14-25-22)4-5-20(15)30-17-6-9-28-8-3-7-24-21(28)11-17/h4-12,14H,13H2,1-2H3,(H,25,26,27). The number of thiophene rings is 1. The third-order valence-electron chi connectivity index (χ3n) is 4.75. The normalized spacial score (nSPS) is 14.5. The van der Waals surface area contributed by atoms with Gasteiger partial charge in [-0.15, -0.1) is 11.3 Å². The SMILES string of the molecule is COCc1cc2c(Nc3ccc(OC4=CC5=NC=C=CN5C=C4)c(C)c3)ncnc2s1. The van der Waals surface area contributed by atoms with Gasteiger partial charge in [0.05, 0.1) is 24.4 Å². The summed E-state index contributed by atoms with van der Waals surface area (Å²) in [4.78, 5) is 17.0. The Balaban J connectivity index is 1.35. The molecule has 0 amide bonds. The molecule has 0 saturated carbocycles. The molecule has 0 fully saturated rings. The number of fused-ring (bicyclic) bond motifs is 2. The number of allylic oxidation sites excluding steroid dienone is 1. The number of nitrogens with zero attached hydrogens (tertiary/aromatic N) is 4. The first-order chi connectivity index (χ1) is 15.2. The minimum Gasteiger partial charge on any atom is -0.457 e. The summed E-state index contributed by atoms with van der Waals surface area (Å²) in [6.45, 7) is 2.58. The van der Waals surface area contributed by atoms with E-state index in [1.54, 1.807) is 31.0 Å². The molecular weight excluding hydrogens is 410 g/mol. The third-order valence-corrected chi connectivity index (χ3v) is 5.77. The average Bonchev–Trinajstić information content (AvgIpc) is 3.20. The van der Waals surface area contributed by atoms with E-state index in [0.29, 0.717) is 6.61 Å². The van der Waals surface area contributed by atoms with Crippen molar-refractivity contribution >= 4 is 38.9 Å².